The lowest BCUT2D eigenvalue weighted by molar-refractivity contribution is 0.101. The van der Waals surface area contributed by atoms with Gasteiger partial charge in [0.15, 0.2) is 17.4 Å². The van der Waals surface area contributed by atoms with Gasteiger partial charge in [0.1, 0.15) is 0 Å². The van der Waals surface area contributed by atoms with Crippen molar-refractivity contribution < 1.29 is 13.6 Å². The Labute approximate surface area is 114 Å². The van der Waals surface area contributed by atoms with Crippen molar-refractivity contribution in [2.24, 2.45) is 0 Å². The Balaban J connectivity index is 2.11. The Kier molecular flexibility index (Phi) is 4.32. The zero-order valence-electron chi connectivity index (χ0n) is 10.3. The quantitative estimate of drug-likeness (QED) is 0.614. The van der Waals surface area contributed by atoms with Gasteiger partial charge < -0.3 is 0 Å². The van der Waals surface area contributed by atoms with Crippen LogP contribution in [-0.4, -0.2) is 11.5 Å². The van der Waals surface area contributed by atoms with E-state index in [-0.39, 0.29) is 16.9 Å². The predicted octanol–water partition coefficient (Wildman–Crippen LogP) is 4.25. The number of thioether (sulfide) groups is 1. The topological polar surface area (TPSA) is 17.1 Å². The SMILES string of the molecule is Cc1ccc(C(=O)CSc2ccccc2)c(F)c1F. The van der Waals surface area contributed by atoms with Gasteiger partial charge >= 0.3 is 0 Å². The molecule has 1 nitrogen and oxygen atoms in total. The molecular formula is C15H12F2OS. The number of carbonyl (C=O) groups excluding carboxylic acids is 1. The molecule has 2 aromatic carbocycles. The molecule has 98 valence electrons. The van der Waals surface area contributed by atoms with Crippen LogP contribution < -0.4 is 0 Å². The fraction of sp³-hybridized carbons (Fsp3) is 0.133. The van der Waals surface area contributed by atoms with Gasteiger partial charge in [-0.05, 0) is 30.7 Å². The molecule has 4 heteroatoms. The van der Waals surface area contributed by atoms with Crippen LogP contribution in [0.1, 0.15) is 15.9 Å². The minimum atomic E-state index is -1.06. The molecule has 0 aromatic heterocycles. The molecule has 2 rings (SSSR count). The van der Waals surface area contributed by atoms with Crippen molar-refractivity contribution in [3.63, 3.8) is 0 Å². The van der Waals surface area contributed by atoms with Crippen molar-refractivity contribution >= 4 is 17.5 Å². The zero-order chi connectivity index (χ0) is 13.8. The largest absolute Gasteiger partial charge is 0.293 e. The summed E-state index contributed by atoms with van der Waals surface area (Å²) in [6.07, 6.45) is 0. The molecule has 19 heavy (non-hydrogen) atoms. The summed E-state index contributed by atoms with van der Waals surface area (Å²) < 4.78 is 27.0. The van der Waals surface area contributed by atoms with Gasteiger partial charge in [0.2, 0.25) is 0 Å². The number of hydrogen-bond acceptors (Lipinski definition) is 2. The van der Waals surface area contributed by atoms with Crippen LogP contribution in [-0.2, 0) is 0 Å². The Hall–Kier alpha value is -1.68. The van der Waals surface area contributed by atoms with Crippen molar-refractivity contribution in [2.45, 2.75) is 11.8 Å². The molecule has 0 saturated carbocycles. The standard InChI is InChI=1S/C15H12F2OS/c1-10-7-8-12(15(17)14(10)16)13(18)9-19-11-5-3-2-4-6-11/h2-8H,9H2,1H3. The van der Waals surface area contributed by atoms with Gasteiger partial charge in [0.05, 0.1) is 11.3 Å². The molecule has 0 radical (unpaired) electrons. The summed E-state index contributed by atoms with van der Waals surface area (Å²) in [6.45, 7) is 1.46. The van der Waals surface area contributed by atoms with Crippen molar-refractivity contribution in [1.29, 1.82) is 0 Å². The molecule has 2 aromatic rings. The Morgan fingerprint density at radius 3 is 2.42 bits per heavy atom. The van der Waals surface area contributed by atoms with Crippen molar-refractivity contribution in [3.8, 4) is 0 Å². The van der Waals surface area contributed by atoms with E-state index in [2.05, 4.69) is 0 Å². The molecule has 0 aliphatic heterocycles. The third-order valence-corrected chi connectivity index (χ3v) is 3.70. The molecule has 0 atom stereocenters. The van der Waals surface area contributed by atoms with Crippen molar-refractivity contribution in [3.05, 3.63) is 65.2 Å². The zero-order valence-corrected chi connectivity index (χ0v) is 11.1. The smallest absolute Gasteiger partial charge is 0.176 e. The summed E-state index contributed by atoms with van der Waals surface area (Å²) in [6, 6.07) is 12.1. The molecule has 0 spiro atoms. The first kappa shape index (κ1) is 13.7. The maximum atomic E-state index is 13.6. The van der Waals surface area contributed by atoms with Crippen LogP contribution in [0.2, 0.25) is 0 Å². The van der Waals surface area contributed by atoms with Gasteiger partial charge in [-0.1, -0.05) is 24.3 Å². The summed E-state index contributed by atoms with van der Waals surface area (Å²) in [4.78, 5) is 12.8. The third-order valence-electron chi connectivity index (χ3n) is 2.69. The first-order chi connectivity index (χ1) is 9.09. The summed E-state index contributed by atoms with van der Waals surface area (Å²) in [5.74, 6) is -2.33. The molecule has 0 amide bonds. The molecule has 0 bridgehead atoms. The molecule has 0 unspecified atom stereocenters. The highest BCUT2D eigenvalue weighted by Gasteiger charge is 2.17. The second-order valence-electron chi connectivity index (χ2n) is 4.08. The lowest BCUT2D eigenvalue weighted by Crippen LogP contribution is -2.07. The summed E-state index contributed by atoms with van der Waals surface area (Å²) >= 11 is 1.30. The number of rotatable bonds is 4. The first-order valence-electron chi connectivity index (χ1n) is 5.75. The number of carbonyl (C=O) groups is 1. The van der Waals surface area contributed by atoms with E-state index in [0.29, 0.717) is 0 Å². The normalized spacial score (nSPS) is 10.5. The van der Waals surface area contributed by atoms with Crippen molar-refractivity contribution in [1.82, 2.24) is 0 Å². The number of halogens is 2. The molecule has 0 aliphatic carbocycles. The van der Waals surface area contributed by atoms with Gasteiger partial charge in [0, 0.05) is 4.90 Å². The van der Waals surface area contributed by atoms with E-state index in [1.54, 1.807) is 0 Å². The van der Waals surface area contributed by atoms with Gasteiger partial charge in [-0.25, -0.2) is 8.78 Å². The maximum Gasteiger partial charge on any atom is 0.176 e. The van der Waals surface area contributed by atoms with E-state index < -0.39 is 17.4 Å². The summed E-state index contributed by atoms with van der Waals surface area (Å²) in [5.41, 5.74) is 0.0105. The van der Waals surface area contributed by atoms with E-state index in [1.807, 2.05) is 30.3 Å². The lowest BCUT2D eigenvalue weighted by atomic mass is 10.1. The fourth-order valence-corrected chi connectivity index (χ4v) is 2.41. The maximum absolute atomic E-state index is 13.6. The van der Waals surface area contributed by atoms with Crippen LogP contribution in [0.25, 0.3) is 0 Å². The van der Waals surface area contributed by atoms with Crippen LogP contribution in [0.4, 0.5) is 8.78 Å². The minimum absolute atomic E-state index is 0.0867. The van der Waals surface area contributed by atoms with E-state index in [0.717, 1.165) is 4.90 Å². The molecule has 0 heterocycles. The molecule has 0 fully saturated rings. The number of ketones is 1. The molecular weight excluding hydrogens is 266 g/mol. The van der Waals surface area contributed by atoms with Crippen LogP contribution in [0.15, 0.2) is 47.4 Å². The minimum Gasteiger partial charge on any atom is -0.293 e. The van der Waals surface area contributed by atoms with Crippen LogP contribution in [0, 0.1) is 18.6 Å². The van der Waals surface area contributed by atoms with Gasteiger partial charge in [-0.2, -0.15) is 0 Å². The third kappa shape index (κ3) is 3.20. The van der Waals surface area contributed by atoms with Crippen LogP contribution >= 0.6 is 11.8 Å². The highest BCUT2D eigenvalue weighted by atomic mass is 32.2. The molecule has 0 aliphatic rings. The average molecular weight is 278 g/mol. The van der Waals surface area contributed by atoms with Gasteiger partial charge in [-0.15, -0.1) is 11.8 Å². The van der Waals surface area contributed by atoms with E-state index >= 15 is 0 Å². The van der Waals surface area contributed by atoms with Crippen molar-refractivity contribution in [2.75, 3.05) is 5.75 Å². The number of benzene rings is 2. The predicted molar refractivity (Wildman–Crippen MR) is 72.6 cm³/mol. The Morgan fingerprint density at radius 2 is 1.74 bits per heavy atom. The van der Waals surface area contributed by atoms with E-state index in [4.69, 9.17) is 0 Å². The van der Waals surface area contributed by atoms with Crippen LogP contribution in [0.3, 0.4) is 0 Å². The molecule has 0 N–H and O–H groups in total. The second-order valence-corrected chi connectivity index (χ2v) is 5.13. The highest BCUT2D eigenvalue weighted by Crippen LogP contribution is 2.21. The molecule has 0 saturated heterocycles. The lowest BCUT2D eigenvalue weighted by Gasteiger charge is -2.05. The number of Topliss-reactive ketones (excluding diaryl/α,β-unsaturated/α-hetero) is 1. The van der Waals surface area contributed by atoms with Gasteiger partial charge in [-0.3, -0.25) is 4.79 Å². The average Bonchev–Trinajstić information content (AvgIpc) is 2.43. The van der Waals surface area contributed by atoms with Crippen LogP contribution in [0.5, 0.6) is 0 Å². The highest BCUT2D eigenvalue weighted by molar-refractivity contribution is 8.00. The Morgan fingerprint density at radius 1 is 1.05 bits per heavy atom. The van der Waals surface area contributed by atoms with Gasteiger partial charge in [0.25, 0.3) is 0 Å². The van der Waals surface area contributed by atoms with E-state index in [1.165, 1.54) is 30.8 Å². The number of aryl methyl sites for hydroxylation is 1. The summed E-state index contributed by atoms with van der Waals surface area (Å²) in [5, 5.41) is 0. The number of hydrogen-bond donors (Lipinski definition) is 0. The second kappa shape index (κ2) is 5.97. The monoisotopic (exact) mass is 278 g/mol. The summed E-state index contributed by atoms with van der Waals surface area (Å²) in [7, 11) is 0. The Bertz CT molecular complexity index is 597. The fourth-order valence-electron chi connectivity index (χ4n) is 1.60. The first-order valence-corrected chi connectivity index (χ1v) is 6.74. The van der Waals surface area contributed by atoms with E-state index in [9.17, 15) is 13.6 Å².